The maximum atomic E-state index is 12.9. The quantitative estimate of drug-likeness (QED) is 0.647. The average Bonchev–Trinajstić information content (AvgIpc) is 3.31. The highest BCUT2D eigenvalue weighted by molar-refractivity contribution is 5.90. The number of hydrogen-bond acceptors (Lipinski definition) is 7. The smallest absolute Gasteiger partial charge is 0.321 e. The van der Waals surface area contributed by atoms with Crippen LogP contribution in [0.3, 0.4) is 0 Å². The van der Waals surface area contributed by atoms with Crippen LogP contribution < -0.4 is 20.1 Å². The second-order valence-electron chi connectivity index (χ2n) is 9.83. The molecule has 3 aliphatic heterocycles. The van der Waals surface area contributed by atoms with Gasteiger partial charge >= 0.3 is 6.03 Å². The largest absolute Gasteiger partial charge is 0.496 e. The zero-order valence-corrected chi connectivity index (χ0v) is 21.4. The van der Waals surface area contributed by atoms with Gasteiger partial charge in [-0.25, -0.2) is 4.79 Å². The minimum Gasteiger partial charge on any atom is -0.496 e. The van der Waals surface area contributed by atoms with Gasteiger partial charge in [-0.3, -0.25) is 0 Å². The lowest BCUT2D eigenvalue weighted by molar-refractivity contribution is 0.121. The van der Waals surface area contributed by atoms with Gasteiger partial charge in [-0.15, -0.1) is 0 Å². The molecule has 9 heteroatoms. The number of rotatable bonds is 5. The number of hydrogen-bond donors (Lipinski definition) is 2. The summed E-state index contributed by atoms with van der Waals surface area (Å²) in [7, 11) is 3.54. The van der Waals surface area contributed by atoms with Crippen molar-refractivity contribution < 1.29 is 19.0 Å². The molecule has 36 heavy (non-hydrogen) atoms. The highest BCUT2D eigenvalue weighted by Crippen LogP contribution is 2.39. The first kappa shape index (κ1) is 24.2. The van der Waals surface area contributed by atoms with Crippen molar-refractivity contribution in [3.63, 3.8) is 0 Å². The van der Waals surface area contributed by atoms with Crippen molar-refractivity contribution in [2.45, 2.75) is 51.4 Å². The Bertz CT molecular complexity index is 1140. The molecule has 0 spiro atoms. The van der Waals surface area contributed by atoms with Gasteiger partial charge in [0.2, 0.25) is 0 Å². The average molecular weight is 494 g/mol. The molecule has 0 radical (unpaired) electrons. The van der Waals surface area contributed by atoms with Gasteiger partial charge in [0, 0.05) is 43.5 Å². The van der Waals surface area contributed by atoms with Crippen LogP contribution in [0.1, 0.15) is 43.9 Å². The molecule has 0 aromatic heterocycles. The summed E-state index contributed by atoms with van der Waals surface area (Å²) in [5.74, 6) is 1.58. The van der Waals surface area contributed by atoms with Gasteiger partial charge in [-0.1, -0.05) is 6.07 Å². The van der Waals surface area contributed by atoms with E-state index in [1.54, 1.807) is 7.11 Å². The van der Waals surface area contributed by atoms with Gasteiger partial charge in [-0.2, -0.15) is 4.99 Å². The number of likely N-dealkylation sites (tertiary alicyclic amines) is 1. The van der Waals surface area contributed by atoms with E-state index in [0.717, 1.165) is 59.9 Å². The topological polar surface area (TPSA) is 87.7 Å². The van der Waals surface area contributed by atoms with Crippen molar-refractivity contribution in [3.8, 4) is 11.5 Å². The van der Waals surface area contributed by atoms with E-state index >= 15 is 0 Å². The fourth-order valence-electron chi connectivity index (χ4n) is 5.11. The van der Waals surface area contributed by atoms with Crippen LogP contribution in [-0.4, -0.2) is 67.8 Å². The number of carbonyl (C=O) groups is 1. The molecule has 3 aliphatic rings. The molecule has 0 saturated carbocycles. The molecule has 1 fully saturated rings. The van der Waals surface area contributed by atoms with Crippen LogP contribution in [0.4, 0.5) is 16.2 Å². The molecule has 1 atom stereocenters. The Morgan fingerprint density at radius 1 is 1.19 bits per heavy atom. The molecule has 1 unspecified atom stereocenters. The summed E-state index contributed by atoms with van der Waals surface area (Å²) in [6, 6.07) is 12.5. The van der Waals surface area contributed by atoms with E-state index in [9.17, 15) is 4.79 Å². The first-order valence-electron chi connectivity index (χ1n) is 12.6. The summed E-state index contributed by atoms with van der Waals surface area (Å²) in [5, 5.41) is 6.38. The molecule has 192 valence electrons. The third kappa shape index (κ3) is 4.93. The van der Waals surface area contributed by atoms with Crippen LogP contribution in [-0.2, 0) is 11.3 Å². The SMILES string of the molecule is COc1cccc2c1C(NC1=Nc3ccc(NC(=O)N(C)C4CCN(C(C)C)CC4)cc3CO1)CO2. The van der Waals surface area contributed by atoms with Gasteiger partial charge in [-0.05, 0) is 57.0 Å². The molecule has 2 N–H and O–H groups in total. The number of amides is 2. The number of amidine groups is 1. The van der Waals surface area contributed by atoms with Crippen LogP contribution in [0, 0.1) is 0 Å². The predicted molar refractivity (Wildman–Crippen MR) is 139 cm³/mol. The summed E-state index contributed by atoms with van der Waals surface area (Å²) in [6.07, 6.45) is 1.99. The maximum absolute atomic E-state index is 12.9. The minimum atomic E-state index is -0.113. The molecule has 9 nitrogen and oxygen atoms in total. The summed E-state index contributed by atoms with van der Waals surface area (Å²) in [6.45, 7) is 7.32. The molecule has 5 rings (SSSR count). The zero-order chi connectivity index (χ0) is 25.2. The van der Waals surface area contributed by atoms with Gasteiger partial charge in [0.15, 0.2) is 0 Å². The first-order chi connectivity index (χ1) is 17.4. The molecular weight excluding hydrogens is 458 g/mol. The molecule has 0 bridgehead atoms. The van der Waals surface area contributed by atoms with Crippen molar-refractivity contribution in [1.82, 2.24) is 15.1 Å². The van der Waals surface area contributed by atoms with Crippen LogP contribution in [0.5, 0.6) is 11.5 Å². The number of piperidine rings is 1. The van der Waals surface area contributed by atoms with E-state index in [4.69, 9.17) is 14.2 Å². The molecular formula is C27H35N5O4. The molecule has 2 aromatic carbocycles. The lowest BCUT2D eigenvalue weighted by Crippen LogP contribution is -2.48. The lowest BCUT2D eigenvalue weighted by atomic mass is 10.0. The standard InChI is InChI=1S/C27H35N5O4/c1-17(2)32-12-10-20(11-13-32)31(3)27(33)28-19-8-9-21-18(14-19)15-36-26(29-21)30-22-16-35-24-7-5-6-23(34-4)25(22)24/h5-9,14,17,20,22H,10-13,15-16H2,1-4H3,(H,28,33)(H,29,30). The van der Waals surface area contributed by atoms with Gasteiger partial charge in [0.1, 0.15) is 24.7 Å². The molecule has 0 aliphatic carbocycles. The minimum absolute atomic E-state index is 0.0885. The van der Waals surface area contributed by atoms with E-state index in [-0.39, 0.29) is 18.1 Å². The highest BCUT2D eigenvalue weighted by Gasteiger charge is 2.30. The number of benzene rings is 2. The fourth-order valence-corrected chi connectivity index (χ4v) is 5.11. The maximum Gasteiger partial charge on any atom is 0.321 e. The summed E-state index contributed by atoms with van der Waals surface area (Å²) in [4.78, 5) is 21.8. The van der Waals surface area contributed by atoms with Crippen LogP contribution in [0.25, 0.3) is 0 Å². The third-order valence-electron chi connectivity index (χ3n) is 7.31. The van der Waals surface area contributed by atoms with E-state index in [1.807, 2.05) is 48.3 Å². The van der Waals surface area contributed by atoms with Crippen LogP contribution >= 0.6 is 0 Å². The number of nitrogens with zero attached hydrogens (tertiary/aromatic N) is 3. The van der Waals surface area contributed by atoms with Gasteiger partial charge in [0.25, 0.3) is 6.02 Å². The number of fused-ring (bicyclic) bond motifs is 2. The molecule has 3 heterocycles. The van der Waals surface area contributed by atoms with Crippen LogP contribution in [0.2, 0.25) is 0 Å². The third-order valence-corrected chi connectivity index (χ3v) is 7.31. The Morgan fingerprint density at radius 3 is 2.75 bits per heavy atom. The van der Waals surface area contributed by atoms with Gasteiger partial charge in [0.05, 0.1) is 24.4 Å². The Morgan fingerprint density at radius 2 is 2.00 bits per heavy atom. The van der Waals surface area contributed by atoms with E-state index in [2.05, 4.69) is 34.4 Å². The fraction of sp³-hybridized carbons (Fsp3) is 0.481. The number of anilines is 1. The second kappa shape index (κ2) is 10.3. The number of ether oxygens (including phenoxy) is 3. The van der Waals surface area contributed by atoms with Crippen LogP contribution in [0.15, 0.2) is 41.4 Å². The first-order valence-corrected chi connectivity index (χ1v) is 12.6. The number of methoxy groups -OCH3 is 1. The Labute approximate surface area is 212 Å². The van der Waals surface area contributed by atoms with E-state index < -0.39 is 0 Å². The Kier molecular flexibility index (Phi) is 6.91. The normalized spacial score (nSPS) is 19.5. The molecule has 1 saturated heterocycles. The van der Waals surface area contributed by atoms with E-state index in [1.165, 1.54) is 0 Å². The van der Waals surface area contributed by atoms with Crippen molar-refractivity contribution in [2.75, 3.05) is 39.2 Å². The van der Waals surface area contributed by atoms with E-state index in [0.29, 0.717) is 25.3 Å². The number of carbonyl (C=O) groups excluding carboxylic acids is 1. The summed E-state index contributed by atoms with van der Waals surface area (Å²) in [5.41, 5.74) is 3.44. The lowest BCUT2D eigenvalue weighted by Gasteiger charge is -2.38. The predicted octanol–water partition coefficient (Wildman–Crippen LogP) is 4.27. The highest BCUT2D eigenvalue weighted by atomic mass is 16.5. The summed E-state index contributed by atoms with van der Waals surface area (Å²) >= 11 is 0. The number of aliphatic imine (C=N–C) groups is 1. The zero-order valence-electron chi connectivity index (χ0n) is 21.4. The second-order valence-corrected chi connectivity index (χ2v) is 9.83. The van der Waals surface area contributed by atoms with Crippen molar-refractivity contribution in [2.24, 2.45) is 4.99 Å². The van der Waals surface area contributed by atoms with Crippen molar-refractivity contribution in [3.05, 3.63) is 47.5 Å². The Hall–Kier alpha value is -3.46. The monoisotopic (exact) mass is 493 g/mol. The van der Waals surface area contributed by atoms with Crippen molar-refractivity contribution >= 4 is 23.4 Å². The summed E-state index contributed by atoms with van der Waals surface area (Å²) < 4.78 is 17.2. The molecule has 2 aromatic rings. The number of urea groups is 1. The molecule has 2 amide bonds. The Balaban J connectivity index is 1.21. The van der Waals surface area contributed by atoms with Gasteiger partial charge < -0.3 is 34.6 Å². The van der Waals surface area contributed by atoms with Crippen molar-refractivity contribution in [1.29, 1.82) is 0 Å². The number of nitrogens with one attached hydrogen (secondary N) is 2.